The first-order valence-corrected chi connectivity index (χ1v) is 8.33. The molecule has 0 fully saturated rings. The Morgan fingerprint density at radius 1 is 1.30 bits per heavy atom. The molecule has 2 aromatic rings. The summed E-state index contributed by atoms with van der Waals surface area (Å²) in [7, 11) is 1.64. The van der Waals surface area contributed by atoms with Gasteiger partial charge in [0.25, 0.3) is 5.91 Å². The maximum atomic E-state index is 12.1. The fraction of sp³-hybridized carbons (Fsp3) is 0.278. The molecule has 0 unspecified atom stereocenters. The van der Waals surface area contributed by atoms with Gasteiger partial charge in [0.1, 0.15) is 11.8 Å². The lowest BCUT2D eigenvalue weighted by atomic mass is 10.1. The number of halogens is 1. The Balaban J connectivity index is 1.91. The minimum atomic E-state index is -0.00118. The van der Waals surface area contributed by atoms with E-state index in [1.807, 2.05) is 54.7 Å². The number of hydrogen-bond donors (Lipinski definition) is 2. The summed E-state index contributed by atoms with van der Waals surface area (Å²) >= 11 is 3.49. The van der Waals surface area contributed by atoms with Crippen LogP contribution in [0.5, 0.6) is 5.75 Å². The topological polar surface area (TPSA) is 54.9 Å². The predicted octanol–water partition coefficient (Wildman–Crippen LogP) is 3.03. The van der Waals surface area contributed by atoms with Crippen molar-refractivity contribution in [3.8, 4) is 5.75 Å². The van der Waals surface area contributed by atoms with E-state index in [9.17, 15) is 4.79 Å². The maximum absolute atomic E-state index is 12.1. The van der Waals surface area contributed by atoms with Gasteiger partial charge in [0.05, 0.1) is 11.6 Å². The number of nitrogens with one attached hydrogen (secondary N) is 1. The molecule has 0 aliphatic carbocycles. The number of ether oxygens (including phenoxy) is 1. The number of nitrogens with two attached hydrogens (primary N) is 1. The number of rotatable bonds is 6. The molecule has 4 nitrogen and oxygen atoms in total. The van der Waals surface area contributed by atoms with Crippen LogP contribution >= 0.6 is 15.9 Å². The molecule has 3 N–H and O–H groups in total. The number of amides is 1. The molecule has 2 rings (SSSR count). The number of hydrogen-bond acceptors (Lipinski definition) is 2. The number of para-hydroxylation sites is 1. The maximum Gasteiger partial charge on any atom is 0.279 e. The number of carbonyl (C=O) groups is 1. The molecule has 5 heteroatoms. The highest BCUT2D eigenvalue weighted by molar-refractivity contribution is 9.10. The highest BCUT2D eigenvalue weighted by Gasteiger charge is 2.13. The minimum absolute atomic E-state index is 0.00118. The zero-order chi connectivity index (χ0) is 16.8. The molecule has 1 amide bonds. The van der Waals surface area contributed by atoms with Crippen molar-refractivity contribution in [2.45, 2.75) is 19.9 Å². The van der Waals surface area contributed by atoms with E-state index in [0.717, 1.165) is 27.0 Å². The van der Waals surface area contributed by atoms with Crippen LogP contribution in [0.2, 0.25) is 0 Å². The molecule has 0 saturated heterocycles. The average molecular weight is 378 g/mol. The summed E-state index contributed by atoms with van der Waals surface area (Å²) < 4.78 is 6.15. The molecule has 0 saturated carbocycles. The van der Waals surface area contributed by atoms with Gasteiger partial charge in [-0.15, -0.1) is 0 Å². The van der Waals surface area contributed by atoms with E-state index in [-0.39, 0.29) is 11.9 Å². The lowest BCUT2D eigenvalue weighted by molar-refractivity contribution is -0.682. The molecule has 0 spiro atoms. The third-order valence-corrected chi connectivity index (χ3v) is 4.40. The normalized spacial score (nSPS) is 11.8. The van der Waals surface area contributed by atoms with Crippen molar-refractivity contribution in [1.82, 2.24) is 0 Å². The van der Waals surface area contributed by atoms with Crippen molar-refractivity contribution in [1.29, 1.82) is 0 Å². The van der Waals surface area contributed by atoms with Crippen LogP contribution in [0.1, 0.15) is 24.1 Å². The molecule has 0 aliphatic rings. The molecular weight excluding hydrogens is 356 g/mol. The highest BCUT2D eigenvalue weighted by atomic mass is 79.9. The third-order valence-electron chi connectivity index (χ3n) is 3.78. The third kappa shape index (κ3) is 4.81. The smallest absolute Gasteiger partial charge is 0.279 e. The Morgan fingerprint density at radius 3 is 2.70 bits per heavy atom. The van der Waals surface area contributed by atoms with Crippen LogP contribution in [-0.2, 0) is 4.79 Å². The van der Waals surface area contributed by atoms with Crippen LogP contribution in [0.3, 0.4) is 0 Å². The van der Waals surface area contributed by atoms with Crippen LogP contribution < -0.4 is 15.4 Å². The van der Waals surface area contributed by atoms with Gasteiger partial charge in [-0.3, -0.25) is 4.79 Å². The number of benzene rings is 2. The summed E-state index contributed by atoms with van der Waals surface area (Å²) in [5, 5.41) is 4.96. The number of methoxy groups -OCH3 is 1. The first-order chi connectivity index (χ1) is 11.0. The van der Waals surface area contributed by atoms with Crippen molar-refractivity contribution < 1.29 is 14.8 Å². The van der Waals surface area contributed by atoms with Crippen molar-refractivity contribution >= 4 is 27.5 Å². The molecule has 0 bridgehead atoms. The Bertz CT molecular complexity index is 688. The predicted molar refractivity (Wildman–Crippen MR) is 95.7 cm³/mol. The van der Waals surface area contributed by atoms with Gasteiger partial charge in [-0.05, 0) is 59.6 Å². The van der Waals surface area contributed by atoms with E-state index in [1.165, 1.54) is 0 Å². The Morgan fingerprint density at radius 2 is 2.04 bits per heavy atom. The van der Waals surface area contributed by atoms with Gasteiger partial charge >= 0.3 is 0 Å². The average Bonchev–Trinajstić information content (AvgIpc) is 2.54. The second-order valence-corrected chi connectivity index (χ2v) is 6.34. The van der Waals surface area contributed by atoms with Gasteiger partial charge in [-0.25, -0.2) is 0 Å². The monoisotopic (exact) mass is 377 g/mol. The summed E-state index contributed by atoms with van der Waals surface area (Å²) in [4.78, 5) is 12.1. The van der Waals surface area contributed by atoms with Gasteiger partial charge in [-0.1, -0.05) is 18.2 Å². The van der Waals surface area contributed by atoms with E-state index >= 15 is 0 Å². The van der Waals surface area contributed by atoms with Crippen LogP contribution in [0.25, 0.3) is 0 Å². The van der Waals surface area contributed by atoms with Crippen LogP contribution in [0.15, 0.2) is 46.9 Å². The molecule has 2 aromatic carbocycles. The molecule has 0 aromatic heterocycles. The summed E-state index contributed by atoms with van der Waals surface area (Å²) in [6, 6.07) is 13.9. The van der Waals surface area contributed by atoms with E-state index in [2.05, 4.69) is 28.2 Å². The quantitative estimate of drug-likeness (QED) is 0.812. The number of carbonyl (C=O) groups excluding carboxylic acids is 1. The number of anilines is 1. The van der Waals surface area contributed by atoms with Crippen molar-refractivity contribution in [2.75, 3.05) is 19.0 Å². The molecule has 0 radical (unpaired) electrons. The zero-order valence-corrected chi connectivity index (χ0v) is 15.2. The first kappa shape index (κ1) is 17.5. The second kappa shape index (κ2) is 8.13. The summed E-state index contributed by atoms with van der Waals surface area (Å²) in [5.41, 5.74) is 3.07. The van der Waals surface area contributed by atoms with Gasteiger partial charge < -0.3 is 15.4 Å². The number of aryl methyl sites for hydroxylation is 1. The molecule has 23 heavy (non-hydrogen) atoms. The molecular formula is C18H22BrN2O2+. The van der Waals surface area contributed by atoms with Gasteiger partial charge in [0.2, 0.25) is 0 Å². The van der Waals surface area contributed by atoms with E-state index in [0.29, 0.717) is 6.54 Å². The van der Waals surface area contributed by atoms with Crippen molar-refractivity contribution in [3.05, 3.63) is 58.1 Å². The lowest BCUT2D eigenvalue weighted by Crippen LogP contribution is -2.86. The van der Waals surface area contributed by atoms with Gasteiger partial charge in [0.15, 0.2) is 6.54 Å². The van der Waals surface area contributed by atoms with Gasteiger partial charge in [-0.2, -0.15) is 0 Å². The Kier molecular flexibility index (Phi) is 6.19. The van der Waals surface area contributed by atoms with Crippen molar-refractivity contribution in [3.63, 3.8) is 0 Å². The van der Waals surface area contributed by atoms with Crippen LogP contribution in [0, 0.1) is 6.92 Å². The number of quaternary nitrogens is 1. The summed E-state index contributed by atoms with van der Waals surface area (Å²) in [5.74, 6) is 0.803. The van der Waals surface area contributed by atoms with E-state index in [4.69, 9.17) is 4.74 Å². The minimum Gasteiger partial charge on any atom is -0.496 e. The van der Waals surface area contributed by atoms with Crippen LogP contribution in [-0.4, -0.2) is 19.6 Å². The Labute approximate surface area is 145 Å². The Hall–Kier alpha value is -1.85. The zero-order valence-electron chi connectivity index (χ0n) is 13.6. The fourth-order valence-electron chi connectivity index (χ4n) is 2.30. The second-order valence-electron chi connectivity index (χ2n) is 5.49. The SMILES string of the molecule is COc1ccc([C@@H](C)[NH2+]CC(=O)Nc2ccccc2C)cc1Br. The van der Waals surface area contributed by atoms with E-state index < -0.39 is 0 Å². The molecule has 0 aliphatic heterocycles. The fourth-order valence-corrected chi connectivity index (χ4v) is 2.86. The standard InChI is InChI=1S/C18H21BrN2O2/c1-12-6-4-5-7-16(12)21-18(22)11-20-13(2)14-8-9-17(23-3)15(19)10-14/h4-10,13,20H,11H2,1-3H3,(H,21,22)/p+1/t13-/m1/s1. The lowest BCUT2D eigenvalue weighted by Gasteiger charge is -2.13. The van der Waals surface area contributed by atoms with Crippen molar-refractivity contribution in [2.24, 2.45) is 0 Å². The first-order valence-electron chi connectivity index (χ1n) is 7.53. The summed E-state index contributed by atoms with van der Waals surface area (Å²) in [6.07, 6.45) is 0. The molecule has 0 heterocycles. The van der Waals surface area contributed by atoms with Crippen LogP contribution in [0.4, 0.5) is 5.69 Å². The largest absolute Gasteiger partial charge is 0.496 e. The highest BCUT2D eigenvalue weighted by Crippen LogP contribution is 2.27. The van der Waals surface area contributed by atoms with Gasteiger partial charge in [0, 0.05) is 11.3 Å². The molecule has 122 valence electrons. The van der Waals surface area contributed by atoms with E-state index in [1.54, 1.807) is 7.11 Å². The molecule has 1 atom stereocenters. The summed E-state index contributed by atoms with van der Waals surface area (Å²) in [6.45, 7) is 4.44.